The zero-order valence-corrected chi connectivity index (χ0v) is 12.6. The SMILES string of the molecule is CNC(c1ccc(F)c(Br)c1)C1CCC(C)CC1. The largest absolute Gasteiger partial charge is 0.313 e. The normalized spacial score (nSPS) is 26.0. The minimum atomic E-state index is -0.189. The molecular formula is C15H21BrFN. The quantitative estimate of drug-likeness (QED) is 0.854. The van der Waals surface area contributed by atoms with Gasteiger partial charge in [-0.1, -0.05) is 25.8 Å². The van der Waals surface area contributed by atoms with Crippen molar-refractivity contribution in [2.75, 3.05) is 7.05 Å². The van der Waals surface area contributed by atoms with Crippen LogP contribution in [-0.4, -0.2) is 7.05 Å². The molecule has 0 saturated heterocycles. The van der Waals surface area contributed by atoms with Crippen LogP contribution in [0, 0.1) is 17.7 Å². The highest BCUT2D eigenvalue weighted by Crippen LogP contribution is 2.37. The van der Waals surface area contributed by atoms with Crippen LogP contribution in [0.2, 0.25) is 0 Å². The van der Waals surface area contributed by atoms with E-state index in [-0.39, 0.29) is 5.82 Å². The summed E-state index contributed by atoms with van der Waals surface area (Å²) in [6.07, 6.45) is 5.15. The van der Waals surface area contributed by atoms with Crippen LogP contribution < -0.4 is 5.32 Å². The summed E-state index contributed by atoms with van der Waals surface area (Å²) in [6.45, 7) is 2.33. The van der Waals surface area contributed by atoms with E-state index in [0.717, 1.165) is 5.92 Å². The summed E-state index contributed by atoms with van der Waals surface area (Å²) in [6, 6.07) is 5.71. The van der Waals surface area contributed by atoms with Gasteiger partial charge in [0, 0.05) is 6.04 Å². The van der Waals surface area contributed by atoms with Gasteiger partial charge in [-0.25, -0.2) is 4.39 Å². The number of hydrogen-bond donors (Lipinski definition) is 1. The summed E-state index contributed by atoms with van der Waals surface area (Å²) in [5.41, 5.74) is 1.19. The maximum atomic E-state index is 13.3. The Kier molecular flexibility index (Phi) is 4.79. The Balaban J connectivity index is 2.14. The molecule has 1 aromatic carbocycles. The molecule has 2 rings (SSSR count). The molecule has 1 aliphatic carbocycles. The van der Waals surface area contributed by atoms with Crippen LogP contribution in [0.1, 0.15) is 44.2 Å². The molecule has 0 radical (unpaired) electrons. The fraction of sp³-hybridized carbons (Fsp3) is 0.600. The van der Waals surface area contributed by atoms with Crippen LogP contribution in [0.5, 0.6) is 0 Å². The first kappa shape index (κ1) is 14.0. The van der Waals surface area contributed by atoms with Gasteiger partial charge in [-0.3, -0.25) is 0 Å². The second-order valence-electron chi connectivity index (χ2n) is 5.46. The molecule has 18 heavy (non-hydrogen) atoms. The minimum Gasteiger partial charge on any atom is -0.313 e. The number of rotatable bonds is 3. The highest BCUT2D eigenvalue weighted by molar-refractivity contribution is 9.10. The molecule has 0 aromatic heterocycles. The summed E-state index contributed by atoms with van der Waals surface area (Å²) in [5, 5.41) is 3.41. The van der Waals surface area contributed by atoms with E-state index in [1.54, 1.807) is 6.07 Å². The van der Waals surface area contributed by atoms with Crippen molar-refractivity contribution >= 4 is 15.9 Å². The van der Waals surface area contributed by atoms with Crippen LogP contribution >= 0.6 is 15.9 Å². The Bertz CT molecular complexity index is 399. The van der Waals surface area contributed by atoms with Gasteiger partial charge < -0.3 is 5.32 Å². The summed E-state index contributed by atoms with van der Waals surface area (Å²) in [4.78, 5) is 0. The molecule has 3 heteroatoms. The van der Waals surface area contributed by atoms with E-state index >= 15 is 0 Å². The summed E-state index contributed by atoms with van der Waals surface area (Å²) < 4.78 is 13.9. The maximum absolute atomic E-state index is 13.3. The van der Waals surface area contributed by atoms with Crippen LogP contribution in [-0.2, 0) is 0 Å². The molecule has 0 heterocycles. The monoisotopic (exact) mass is 313 g/mol. The molecule has 1 N–H and O–H groups in total. The third-order valence-corrected chi connectivity index (χ3v) is 4.75. The molecule has 1 fully saturated rings. The van der Waals surface area contributed by atoms with E-state index in [2.05, 4.69) is 28.2 Å². The molecule has 1 atom stereocenters. The molecule has 0 spiro atoms. The van der Waals surface area contributed by atoms with E-state index in [9.17, 15) is 4.39 Å². The summed E-state index contributed by atoms with van der Waals surface area (Å²) >= 11 is 3.27. The number of hydrogen-bond acceptors (Lipinski definition) is 1. The van der Waals surface area contributed by atoms with Crippen LogP contribution in [0.4, 0.5) is 4.39 Å². The van der Waals surface area contributed by atoms with E-state index in [1.807, 2.05) is 19.2 Å². The van der Waals surface area contributed by atoms with Crippen molar-refractivity contribution < 1.29 is 4.39 Å². The average molecular weight is 314 g/mol. The topological polar surface area (TPSA) is 12.0 Å². The predicted octanol–water partition coefficient (Wildman–Crippen LogP) is 4.68. The van der Waals surface area contributed by atoms with Crippen molar-refractivity contribution in [3.8, 4) is 0 Å². The van der Waals surface area contributed by atoms with E-state index < -0.39 is 0 Å². The van der Waals surface area contributed by atoms with Crippen molar-refractivity contribution in [3.63, 3.8) is 0 Å². The fourth-order valence-electron chi connectivity index (χ4n) is 3.00. The van der Waals surface area contributed by atoms with Crippen molar-refractivity contribution in [1.82, 2.24) is 5.32 Å². The van der Waals surface area contributed by atoms with Crippen molar-refractivity contribution in [2.45, 2.75) is 38.6 Å². The van der Waals surface area contributed by atoms with E-state index in [0.29, 0.717) is 16.4 Å². The zero-order chi connectivity index (χ0) is 13.1. The van der Waals surface area contributed by atoms with Crippen molar-refractivity contribution in [2.24, 2.45) is 11.8 Å². The Labute approximate surface area is 117 Å². The fourth-order valence-corrected chi connectivity index (χ4v) is 3.40. The number of halogens is 2. The molecule has 1 unspecified atom stereocenters. The Hall–Kier alpha value is -0.410. The first-order valence-corrected chi connectivity index (χ1v) is 7.53. The van der Waals surface area contributed by atoms with Crippen LogP contribution in [0.3, 0.4) is 0 Å². The molecule has 0 aliphatic heterocycles. The minimum absolute atomic E-state index is 0.189. The van der Waals surface area contributed by atoms with Gasteiger partial charge in [0.1, 0.15) is 5.82 Å². The second-order valence-corrected chi connectivity index (χ2v) is 6.31. The molecule has 1 saturated carbocycles. The average Bonchev–Trinajstić information content (AvgIpc) is 2.37. The molecular weight excluding hydrogens is 293 g/mol. The van der Waals surface area contributed by atoms with Gasteiger partial charge in [0.05, 0.1) is 4.47 Å². The molecule has 0 amide bonds. The molecule has 0 bridgehead atoms. The van der Waals surface area contributed by atoms with E-state index in [1.165, 1.54) is 31.2 Å². The first-order valence-electron chi connectivity index (χ1n) is 6.74. The molecule has 1 nitrogen and oxygen atoms in total. The van der Waals surface area contributed by atoms with Gasteiger partial charge in [0.25, 0.3) is 0 Å². The van der Waals surface area contributed by atoms with E-state index in [4.69, 9.17) is 0 Å². The summed E-state index contributed by atoms with van der Waals surface area (Å²) in [5.74, 6) is 1.34. The van der Waals surface area contributed by atoms with Gasteiger partial charge in [0.2, 0.25) is 0 Å². The number of nitrogens with one attached hydrogen (secondary N) is 1. The molecule has 1 aromatic rings. The Morgan fingerprint density at radius 3 is 2.50 bits per heavy atom. The van der Waals surface area contributed by atoms with Gasteiger partial charge in [-0.15, -0.1) is 0 Å². The van der Waals surface area contributed by atoms with Crippen molar-refractivity contribution in [3.05, 3.63) is 34.1 Å². The third kappa shape index (κ3) is 3.12. The zero-order valence-electron chi connectivity index (χ0n) is 11.0. The standard InChI is InChI=1S/C15H21BrFN/c1-10-3-5-11(6-4-10)15(18-2)12-7-8-14(17)13(16)9-12/h7-11,15,18H,3-6H2,1-2H3. The highest BCUT2D eigenvalue weighted by atomic mass is 79.9. The third-order valence-electron chi connectivity index (χ3n) is 4.15. The van der Waals surface area contributed by atoms with Gasteiger partial charge in [-0.2, -0.15) is 0 Å². The van der Waals surface area contributed by atoms with Gasteiger partial charge in [-0.05, 0) is 65.4 Å². The number of benzene rings is 1. The lowest BCUT2D eigenvalue weighted by Crippen LogP contribution is -2.28. The smallest absolute Gasteiger partial charge is 0.137 e. The molecule has 1 aliphatic rings. The Morgan fingerprint density at radius 1 is 1.28 bits per heavy atom. The van der Waals surface area contributed by atoms with Crippen LogP contribution in [0.25, 0.3) is 0 Å². The Morgan fingerprint density at radius 2 is 1.94 bits per heavy atom. The van der Waals surface area contributed by atoms with Crippen molar-refractivity contribution in [1.29, 1.82) is 0 Å². The van der Waals surface area contributed by atoms with Gasteiger partial charge in [0.15, 0.2) is 0 Å². The molecule has 100 valence electrons. The lowest BCUT2D eigenvalue weighted by molar-refractivity contribution is 0.238. The lowest BCUT2D eigenvalue weighted by atomic mass is 9.77. The van der Waals surface area contributed by atoms with Crippen LogP contribution in [0.15, 0.2) is 22.7 Å². The lowest BCUT2D eigenvalue weighted by Gasteiger charge is -2.33. The van der Waals surface area contributed by atoms with Gasteiger partial charge >= 0.3 is 0 Å². The predicted molar refractivity (Wildman–Crippen MR) is 77.0 cm³/mol. The second kappa shape index (κ2) is 6.16. The first-order chi connectivity index (χ1) is 8.61. The highest BCUT2D eigenvalue weighted by Gasteiger charge is 2.26. The summed E-state index contributed by atoms with van der Waals surface area (Å²) in [7, 11) is 2.00. The maximum Gasteiger partial charge on any atom is 0.137 e.